The van der Waals surface area contributed by atoms with Gasteiger partial charge >= 0.3 is 5.69 Å². The van der Waals surface area contributed by atoms with E-state index in [0.29, 0.717) is 6.54 Å². The van der Waals surface area contributed by atoms with Gasteiger partial charge in [0, 0.05) is 11.1 Å². The summed E-state index contributed by atoms with van der Waals surface area (Å²) in [4.78, 5) is 15.2. The monoisotopic (exact) mass is 267 g/mol. The van der Waals surface area contributed by atoms with Gasteiger partial charge in [-0.05, 0) is 19.1 Å². The lowest BCUT2D eigenvalue weighted by Crippen LogP contribution is -2.03. The van der Waals surface area contributed by atoms with Crippen molar-refractivity contribution in [3.8, 4) is 0 Å². The van der Waals surface area contributed by atoms with Crippen LogP contribution < -0.4 is 5.32 Å². The molecule has 1 N–H and O–H groups in total. The van der Waals surface area contributed by atoms with Crippen molar-refractivity contribution in [3.63, 3.8) is 0 Å². The summed E-state index contributed by atoms with van der Waals surface area (Å²) in [7, 11) is 0. The van der Waals surface area contributed by atoms with Crippen molar-refractivity contribution in [1.29, 1.82) is 0 Å². The van der Waals surface area contributed by atoms with Gasteiger partial charge in [-0.25, -0.2) is 4.98 Å². The summed E-state index contributed by atoms with van der Waals surface area (Å²) in [5.74, 6) is -0.847. The lowest BCUT2D eigenvalue weighted by atomic mass is 10.2. The predicted octanol–water partition coefficient (Wildman–Crippen LogP) is 3.11. The van der Waals surface area contributed by atoms with E-state index in [0.717, 1.165) is 16.0 Å². The zero-order valence-electron chi connectivity index (χ0n) is 9.51. The molecule has 0 amide bonds. The van der Waals surface area contributed by atoms with Crippen LogP contribution in [0, 0.1) is 22.9 Å². The molecule has 0 saturated carbocycles. The highest BCUT2D eigenvalue weighted by molar-refractivity contribution is 7.11. The third-order valence-corrected chi connectivity index (χ3v) is 3.18. The number of halogens is 1. The zero-order valence-corrected chi connectivity index (χ0v) is 10.3. The van der Waals surface area contributed by atoms with E-state index in [1.165, 1.54) is 23.5 Å². The minimum absolute atomic E-state index is 0.160. The number of para-hydroxylation sites is 1. The summed E-state index contributed by atoms with van der Waals surface area (Å²) in [5.41, 5.74) is -0.376. The van der Waals surface area contributed by atoms with Crippen molar-refractivity contribution in [1.82, 2.24) is 4.98 Å². The molecule has 0 aliphatic rings. The number of rotatable bonds is 4. The van der Waals surface area contributed by atoms with Gasteiger partial charge in [0.2, 0.25) is 5.82 Å². The smallest absolute Gasteiger partial charge is 0.327 e. The average Bonchev–Trinajstić information content (AvgIpc) is 2.72. The van der Waals surface area contributed by atoms with Crippen molar-refractivity contribution < 1.29 is 9.31 Å². The maximum Gasteiger partial charge on any atom is 0.327 e. The molecule has 2 rings (SSSR count). The number of nitrogens with zero attached hydrogens (tertiary/aromatic N) is 2. The van der Waals surface area contributed by atoms with Crippen LogP contribution in [-0.2, 0) is 6.54 Å². The van der Waals surface area contributed by atoms with Crippen LogP contribution >= 0.6 is 11.3 Å². The minimum Gasteiger partial charge on any atom is -0.373 e. The summed E-state index contributed by atoms with van der Waals surface area (Å²) in [6.07, 6.45) is 1.72. The number of hydrogen-bond acceptors (Lipinski definition) is 5. The second kappa shape index (κ2) is 5.09. The highest BCUT2D eigenvalue weighted by Crippen LogP contribution is 2.27. The van der Waals surface area contributed by atoms with Gasteiger partial charge in [-0.2, -0.15) is 4.39 Å². The van der Waals surface area contributed by atoms with E-state index in [1.54, 1.807) is 6.20 Å². The molecule has 0 bridgehead atoms. The molecule has 0 radical (unpaired) electrons. The Balaban J connectivity index is 2.19. The molecular formula is C11H10FN3O2S. The summed E-state index contributed by atoms with van der Waals surface area (Å²) in [6.45, 7) is 2.26. The number of nitro benzene ring substituents is 1. The maximum atomic E-state index is 13.3. The van der Waals surface area contributed by atoms with Gasteiger partial charge in [0.1, 0.15) is 10.7 Å². The first kappa shape index (κ1) is 12.4. The highest BCUT2D eigenvalue weighted by Gasteiger charge is 2.19. The van der Waals surface area contributed by atoms with Crippen LogP contribution in [-0.4, -0.2) is 9.91 Å². The maximum absolute atomic E-state index is 13.3. The van der Waals surface area contributed by atoms with Gasteiger partial charge in [-0.3, -0.25) is 10.1 Å². The first-order valence-electron chi connectivity index (χ1n) is 5.16. The van der Waals surface area contributed by atoms with Crippen LogP contribution in [0.3, 0.4) is 0 Å². The third-order valence-electron chi connectivity index (χ3n) is 2.27. The lowest BCUT2D eigenvalue weighted by molar-refractivity contribution is -0.386. The summed E-state index contributed by atoms with van der Waals surface area (Å²) >= 11 is 1.49. The van der Waals surface area contributed by atoms with E-state index in [-0.39, 0.29) is 5.69 Å². The van der Waals surface area contributed by atoms with Crippen LogP contribution in [0.5, 0.6) is 0 Å². The van der Waals surface area contributed by atoms with Crippen molar-refractivity contribution in [2.75, 3.05) is 5.32 Å². The fraction of sp³-hybridized carbons (Fsp3) is 0.182. The molecule has 2 aromatic rings. The zero-order chi connectivity index (χ0) is 13.1. The third kappa shape index (κ3) is 2.62. The molecule has 0 atom stereocenters. The van der Waals surface area contributed by atoms with Crippen LogP contribution in [0.15, 0.2) is 24.4 Å². The van der Waals surface area contributed by atoms with Gasteiger partial charge in [0.25, 0.3) is 0 Å². The van der Waals surface area contributed by atoms with Crippen LogP contribution in [0.1, 0.15) is 9.88 Å². The Hall–Kier alpha value is -2.02. The molecule has 1 aromatic carbocycles. The fourth-order valence-corrected chi connectivity index (χ4v) is 2.22. The van der Waals surface area contributed by atoms with Crippen LogP contribution in [0.4, 0.5) is 15.8 Å². The molecule has 0 saturated heterocycles. The molecule has 0 spiro atoms. The molecule has 18 heavy (non-hydrogen) atoms. The Kier molecular flexibility index (Phi) is 3.52. The van der Waals surface area contributed by atoms with Gasteiger partial charge < -0.3 is 5.32 Å². The van der Waals surface area contributed by atoms with E-state index < -0.39 is 16.4 Å². The number of thiazole rings is 1. The number of anilines is 1. The van der Waals surface area contributed by atoms with E-state index in [9.17, 15) is 14.5 Å². The molecular weight excluding hydrogens is 257 g/mol. The Labute approximate surface area is 106 Å². The topological polar surface area (TPSA) is 68.1 Å². The molecule has 0 aliphatic heterocycles. The quantitative estimate of drug-likeness (QED) is 0.682. The van der Waals surface area contributed by atoms with Crippen molar-refractivity contribution in [3.05, 3.63) is 50.2 Å². The number of benzene rings is 1. The lowest BCUT2D eigenvalue weighted by Gasteiger charge is -2.05. The number of aryl methyl sites for hydroxylation is 1. The first-order chi connectivity index (χ1) is 8.58. The van der Waals surface area contributed by atoms with Crippen molar-refractivity contribution in [2.24, 2.45) is 0 Å². The molecule has 1 heterocycles. The van der Waals surface area contributed by atoms with E-state index in [1.807, 2.05) is 6.92 Å². The normalized spacial score (nSPS) is 10.3. The second-order valence-electron chi connectivity index (χ2n) is 3.61. The number of nitro groups is 1. The van der Waals surface area contributed by atoms with Crippen molar-refractivity contribution >= 4 is 22.7 Å². The fourth-order valence-electron chi connectivity index (χ4n) is 1.50. The van der Waals surface area contributed by atoms with Gasteiger partial charge in [-0.1, -0.05) is 6.07 Å². The molecule has 0 aliphatic carbocycles. The SMILES string of the molecule is Cc1cnc(CNc2cccc(F)c2[N+](=O)[O-])s1. The Morgan fingerprint density at radius 1 is 1.56 bits per heavy atom. The molecule has 7 heteroatoms. The average molecular weight is 267 g/mol. The van der Waals surface area contributed by atoms with E-state index >= 15 is 0 Å². The van der Waals surface area contributed by atoms with Gasteiger partial charge in [0.05, 0.1) is 11.5 Å². The van der Waals surface area contributed by atoms with E-state index in [2.05, 4.69) is 10.3 Å². The van der Waals surface area contributed by atoms with Gasteiger partial charge in [0.15, 0.2) is 0 Å². The van der Waals surface area contributed by atoms with Crippen molar-refractivity contribution in [2.45, 2.75) is 13.5 Å². The number of hydrogen-bond donors (Lipinski definition) is 1. The Morgan fingerprint density at radius 2 is 2.33 bits per heavy atom. The molecule has 5 nitrogen and oxygen atoms in total. The van der Waals surface area contributed by atoms with Crippen LogP contribution in [0.2, 0.25) is 0 Å². The molecule has 0 unspecified atom stereocenters. The Morgan fingerprint density at radius 3 is 2.94 bits per heavy atom. The highest BCUT2D eigenvalue weighted by atomic mass is 32.1. The summed E-state index contributed by atoms with van der Waals surface area (Å²) in [6, 6.07) is 3.97. The summed E-state index contributed by atoms with van der Waals surface area (Å²) < 4.78 is 13.3. The largest absolute Gasteiger partial charge is 0.373 e. The van der Waals surface area contributed by atoms with E-state index in [4.69, 9.17) is 0 Å². The number of nitrogens with one attached hydrogen (secondary N) is 1. The predicted molar refractivity (Wildman–Crippen MR) is 67.2 cm³/mol. The van der Waals surface area contributed by atoms with Crippen LogP contribution in [0.25, 0.3) is 0 Å². The standard InChI is InChI=1S/C11H10FN3O2S/c1-7-5-14-10(18-7)6-13-9-4-2-3-8(12)11(9)15(16)17/h2-5,13H,6H2,1H3. The van der Waals surface area contributed by atoms with Gasteiger partial charge in [-0.15, -0.1) is 11.3 Å². The molecule has 0 fully saturated rings. The second-order valence-corrected chi connectivity index (χ2v) is 4.93. The Bertz CT molecular complexity index is 585. The molecule has 1 aromatic heterocycles. The first-order valence-corrected chi connectivity index (χ1v) is 5.97. The molecule has 94 valence electrons. The number of aromatic nitrogens is 1. The minimum atomic E-state index is -0.847. The summed E-state index contributed by atoms with van der Waals surface area (Å²) in [5, 5.41) is 14.4.